The van der Waals surface area contributed by atoms with Crippen molar-refractivity contribution < 1.29 is 4.39 Å². The molecule has 0 aliphatic heterocycles. The molecule has 1 aromatic heterocycles. The molecule has 0 saturated heterocycles. The molecule has 0 saturated carbocycles. The lowest BCUT2D eigenvalue weighted by Gasteiger charge is -2.10. The van der Waals surface area contributed by atoms with Crippen LogP contribution in [0.1, 0.15) is 11.4 Å². The molecule has 0 fully saturated rings. The van der Waals surface area contributed by atoms with Gasteiger partial charge in [-0.05, 0) is 34.5 Å². The van der Waals surface area contributed by atoms with Crippen LogP contribution in [0.3, 0.4) is 0 Å². The van der Waals surface area contributed by atoms with E-state index in [2.05, 4.69) is 20.9 Å². The normalized spacial score (nSPS) is 10.8. The molecule has 3 nitrogen and oxygen atoms in total. The first-order chi connectivity index (χ1) is 7.65. The van der Waals surface area contributed by atoms with Crippen molar-refractivity contribution in [1.82, 2.24) is 9.55 Å². The van der Waals surface area contributed by atoms with Gasteiger partial charge in [0, 0.05) is 18.9 Å². The van der Waals surface area contributed by atoms with E-state index in [-0.39, 0.29) is 5.82 Å². The van der Waals surface area contributed by atoms with Crippen LogP contribution in [0, 0.1) is 12.7 Å². The predicted octanol–water partition coefficient (Wildman–Crippen LogP) is 2.54. The summed E-state index contributed by atoms with van der Waals surface area (Å²) < 4.78 is 16.2. The van der Waals surface area contributed by atoms with Crippen molar-refractivity contribution in [2.75, 3.05) is 0 Å². The van der Waals surface area contributed by atoms with Crippen molar-refractivity contribution in [3.8, 4) is 5.69 Å². The molecule has 84 valence electrons. The molecule has 1 heterocycles. The van der Waals surface area contributed by atoms with Crippen LogP contribution < -0.4 is 5.73 Å². The minimum atomic E-state index is -0.316. The molecule has 0 aliphatic carbocycles. The molecular formula is C11H11BrFN3. The third-order valence-electron chi connectivity index (χ3n) is 2.45. The lowest BCUT2D eigenvalue weighted by atomic mass is 10.2. The Morgan fingerprint density at radius 3 is 2.81 bits per heavy atom. The van der Waals surface area contributed by atoms with E-state index in [0.717, 1.165) is 11.4 Å². The number of aryl methyl sites for hydroxylation is 1. The van der Waals surface area contributed by atoms with Crippen molar-refractivity contribution in [1.29, 1.82) is 0 Å². The van der Waals surface area contributed by atoms with Crippen molar-refractivity contribution >= 4 is 15.9 Å². The average Bonchev–Trinajstić information content (AvgIpc) is 2.69. The Morgan fingerprint density at radius 1 is 1.50 bits per heavy atom. The first-order valence-electron chi connectivity index (χ1n) is 4.82. The fourth-order valence-corrected chi connectivity index (χ4v) is 2.05. The molecule has 2 aromatic rings. The largest absolute Gasteiger partial charge is 0.326 e. The van der Waals surface area contributed by atoms with Crippen LogP contribution in [0.4, 0.5) is 4.39 Å². The van der Waals surface area contributed by atoms with Crippen LogP contribution in [0.15, 0.2) is 29.0 Å². The monoisotopic (exact) mass is 283 g/mol. The highest BCUT2D eigenvalue weighted by molar-refractivity contribution is 9.10. The van der Waals surface area contributed by atoms with Gasteiger partial charge in [-0.1, -0.05) is 6.07 Å². The molecule has 0 atom stereocenters. The molecule has 2 N–H and O–H groups in total. The lowest BCUT2D eigenvalue weighted by molar-refractivity contribution is 0.607. The molecule has 1 aromatic carbocycles. The lowest BCUT2D eigenvalue weighted by Crippen LogP contribution is -2.04. The van der Waals surface area contributed by atoms with Crippen molar-refractivity contribution in [3.05, 3.63) is 46.2 Å². The van der Waals surface area contributed by atoms with Crippen molar-refractivity contribution in [2.45, 2.75) is 13.5 Å². The third-order valence-corrected chi connectivity index (χ3v) is 3.30. The van der Waals surface area contributed by atoms with E-state index in [1.54, 1.807) is 23.0 Å². The molecule has 0 spiro atoms. The van der Waals surface area contributed by atoms with Gasteiger partial charge in [0.15, 0.2) is 5.82 Å². The van der Waals surface area contributed by atoms with Gasteiger partial charge in [-0.2, -0.15) is 0 Å². The van der Waals surface area contributed by atoms with E-state index < -0.39 is 0 Å². The van der Waals surface area contributed by atoms with Gasteiger partial charge in [0.05, 0.1) is 10.2 Å². The van der Waals surface area contributed by atoms with Crippen molar-refractivity contribution in [3.63, 3.8) is 0 Å². The molecule has 0 aliphatic rings. The first-order valence-corrected chi connectivity index (χ1v) is 5.61. The molecule has 0 radical (unpaired) electrons. The summed E-state index contributed by atoms with van der Waals surface area (Å²) in [5, 5.41) is 0. The fourth-order valence-electron chi connectivity index (χ4n) is 1.56. The topological polar surface area (TPSA) is 43.8 Å². The maximum Gasteiger partial charge on any atom is 0.161 e. The highest BCUT2D eigenvalue weighted by Gasteiger charge is 2.12. The maximum absolute atomic E-state index is 14.0. The Morgan fingerprint density at radius 2 is 2.25 bits per heavy atom. The zero-order valence-corrected chi connectivity index (χ0v) is 10.3. The van der Waals surface area contributed by atoms with E-state index in [0.29, 0.717) is 16.7 Å². The Hall–Kier alpha value is -1.20. The predicted molar refractivity (Wildman–Crippen MR) is 63.9 cm³/mol. The van der Waals surface area contributed by atoms with E-state index >= 15 is 0 Å². The van der Waals surface area contributed by atoms with E-state index in [1.807, 2.05) is 13.0 Å². The van der Waals surface area contributed by atoms with Crippen LogP contribution in [-0.2, 0) is 6.54 Å². The Balaban J connectivity index is 2.60. The second kappa shape index (κ2) is 4.35. The van der Waals surface area contributed by atoms with Gasteiger partial charge in [0.25, 0.3) is 0 Å². The van der Waals surface area contributed by atoms with Crippen molar-refractivity contribution in [2.24, 2.45) is 5.73 Å². The van der Waals surface area contributed by atoms with E-state index in [4.69, 9.17) is 5.73 Å². The van der Waals surface area contributed by atoms with Crippen LogP contribution in [0.25, 0.3) is 5.69 Å². The number of imidazole rings is 1. The van der Waals surface area contributed by atoms with Crippen LogP contribution >= 0.6 is 15.9 Å². The summed E-state index contributed by atoms with van der Waals surface area (Å²) in [6.45, 7) is 2.13. The number of nitrogens with zero attached hydrogens (tertiary/aromatic N) is 2. The summed E-state index contributed by atoms with van der Waals surface area (Å²) >= 11 is 3.21. The smallest absolute Gasteiger partial charge is 0.161 e. The summed E-state index contributed by atoms with van der Waals surface area (Å²) in [6, 6.07) is 3.51. The SMILES string of the molecule is Cc1nccn1-c1ccc(CN)c(Br)c1F. The van der Waals surface area contributed by atoms with Gasteiger partial charge in [0.2, 0.25) is 0 Å². The summed E-state index contributed by atoms with van der Waals surface area (Å²) in [6.07, 6.45) is 3.36. The Labute approximate surface area is 101 Å². The van der Waals surface area contributed by atoms with E-state index in [9.17, 15) is 4.39 Å². The molecule has 5 heteroatoms. The standard InChI is InChI=1S/C11H11BrFN3/c1-7-15-4-5-16(7)9-3-2-8(6-14)10(12)11(9)13/h2-5H,6,14H2,1H3. The number of rotatable bonds is 2. The summed E-state index contributed by atoms with van der Waals surface area (Å²) in [5.41, 5.74) is 6.72. The van der Waals surface area contributed by atoms with Gasteiger partial charge in [-0.15, -0.1) is 0 Å². The molecule has 2 rings (SSSR count). The van der Waals surface area contributed by atoms with Gasteiger partial charge in [-0.25, -0.2) is 9.37 Å². The number of benzene rings is 1. The zero-order chi connectivity index (χ0) is 11.7. The molecular weight excluding hydrogens is 273 g/mol. The summed E-state index contributed by atoms with van der Waals surface area (Å²) in [5.74, 6) is 0.426. The number of halogens is 2. The van der Waals surface area contributed by atoms with Gasteiger partial charge in [0.1, 0.15) is 5.82 Å². The van der Waals surface area contributed by atoms with Crippen LogP contribution in [-0.4, -0.2) is 9.55 Å². The molecule has 0 bridgehead atoms. The maximum atomic E-state index is 14.0. The summed E-state index contributed by atoms with van der Waals surface area (Å²) in [7, 11) is 0. The second-order valence-corrected chi connectivity index (χ2v) is 4.21. The minimum Gasteiger partial charge on any atom is -0.326 e. The van der Waals surface area contributed by atoms with Gasteiger partial charge < -0.3 is 10.3 Å². The highest BCUT2D eigenvalue weighted by Crippen LogP contribution is 2.26. The number of hydrogen-bond acceptors (Lipinski definition) is 2. The third kappa shape index (κ3) is 1.76. The second-order valence-electron chi connectivity index (χ2n) is 3.42. The fraction of sp³-hybridized carbons (Fsp3) is 0.182. The first kappa shape index (κ1) is 11.3. The zero-order valence-electron chi connectivity index (χ0n) is 8.74. The number of aromatic nitrogens is 2. The molecule has 0 unspecified atom stereocenters. The Bertz CT molecular complexity index is 522. The average molecular weight is 284 g/mol. The molecule has 16 heavy (non-hydrogen) atoms. The number of nitrogens with two attached hydrogens (primary N) is 1. The highest BCUT2D eigenvalue weighted by atomic mass is 79.9. The van der Waals surface area contributed by atoms with Crippen LogP contribution in [0.2, 0.25) is 0 Å². The Kier molecular flexibility index (Phi) is 3.07. The van der Waals surface area contributed by atoms with Gasteiger partial charge in [-0.3, -0.25) is 0 Å². The summed E-state index contributed by atoms with van der Waals surface area (Å²) in [4.78, 5) is 4.06. The number of hydrogen-bond donors (Lipinski definition) is 1. The minimum absolute atomic E-state index is 0.306. The van der Waals surface area contributed by atoms with Crippen LogP contribution in [0.5, 0.6) is 0 Å². The van der Waals surface area contributed by atoms with E-state index in [1.165, 1.54) is 0 Å². The molecule has 0 amide bonds. The van der Waals surface area contributed by atoms with Gasteiger partial charge >= 0.3 is 0 Å². The quantitative estimate of drug-likeness (QED) is 0.921.